The molecule has 0 spiro atoms. The fourth-order valence-electron chi connectivity index (χ4n) is 3.01. The molecular formula is C18H26N6O2. The molecule has 3 rings (SSSR count). The van der Waals surface area contributed by atoms with Crippen LogP contribution in [0.25, 0.3) is 0 Å². The standard InChI is InChI=1S/C18H26N6O2/c1-22(2)17-5-4-14(9-19-17)11-23-6-7-24-16(12-23)8-15(21-24)10-20-18(25)13-26-3/h4-5,8-9H,6-7,10-13H2,1-3H3,(H,20,25). The molecular weight excluding hydrogens is 332 g/mol. The Kier molecular flexibility index (Phi) is 5.85. The second-order valence-electron chi connectivity index (χ2n) is 6.69. The summed E-state index contributed by atoms with van der Waals surface area (Å²) in [5, 5.41) is 7.38. The largest absolute Gasteiger partial charge is 0.375 e. The number of hydrogen-bond donors (Lipinski definition) is 1. The van der Waals surface area contributed by atoms with Crippen molar-refractivity contribution < 1.29 is 9.53 Å². The molecule has 26 heavy (non-hydrogen) atoms. The summed E-state index contributed by atoms with van der Waals surface area (Å²) in [6.07, 6.45) is 1.94. The molecule has 0 aromatic carbocycles. The van der Waals surface area contributed by atoms with Crippen molar-refractivity contribution >= 4 is 11.7 Å². The van der Waals surface area contributed by atoms with E-state index in [1.54, 1.807) is 0 Å². The van der Waals surface area contributed by atoms with Crippen LogP contribution in [0.4, 0.5) is 5.82 Å². The maximum absolute atomic E-state index is 11.5. The number of methoxy groups -OCH3 is 1. The number of aromatic nitrogens is 3. The van der Waals surface area contributed by atoms with Crippen molar-refractivity contribution in [2.24, 2.45) is 0 Å². The molecule has 3 heterocycles. The summed E-state index contributed by atoms with van der Waals surface area (Å²) in [5.41, 5.74) is 3.25. The first-order valence-electron chi connectivity index (χ1n) is 8.71. The highest BCUT2D eigenvalue weighted by Gasteiger charge is 2.19. The minimum absolute atomic E-state index is 0.0714. The van der Waals surface area contributed by atoms with Gasteiger partial charge in [0.25, 0.3) is 0 Å². The molecule has 0 unspecified atom stereocenters. The molecule has 0 atom stereocenters. The number of nitrogens with one attached hydrogen (secondary N) is 1. The van der Waals surface area contributed by atoms with Gasteiger partial charge in [-0.05, 0) is 17.7 Å². The zero-order chi connectivity index (χ0) is 18.5. The molecule has 0 saturated carbocycles. The van der Waals surface area contributed by atoms with Crippen LogP contribution in [-0.2, 0) is 35.7 Å². The average molecular weight is 358 g/mol. The van der Waals surface area contributed by atoms with Gasteiger partial charge in [-0.3, -0.25) is 14.4 Å². The first-order valence-corrected chi connectivity index (χ1v) is 8.71. The lowest BCUT2D eigenvalue weighted by atomic mass is 10.2. The van der Waals surface area contributed by atoms with Crippen LogP contribution >= 0.6 is 0 Å². The molecule has 2 aromatic rings. The quantitative estimate of drug-likeness (QED) is 0.782. The molecule has 0 bridgehead atoms. The van der Waals surface area contributed by atoms with E-state index in [0.717, 1.165) is 37.7 Å². The Balaban J connectivity index is 1.56. The monoisotopic (exact) mass is 358 g/mol. The zero-order valence-electron chi connectivity index (χ0n) is 15.6. The highest BCUT2D eigenvalue weighted by atomic mass is 16.5. The Bertz CT molecular complexity index is 741. The maximum atomic E-state index is 11.5. The van der Waals surface area contributed by atoms with E-state index in [-0.39, 0.29) is 12.5 Å². The van der Waals surface area contributed by atoms with Gasteiger partial charge < -0.3 is 15.0 Å². The Hall–Kier alpha value is -2.45. The Morgan fingerprint density at radius 1 is 1.35 bits per heavy atom. The van der Waals surface area contributed by atoms with Crippen molar-refractivity contribution in [1.82, 2.24) is 25.0 Å². The molecule has 0 aliphatic carbocycles. The van der Waals surface area contributed by atoms with Gasteiger partial charge in [0.2, 0.25) is 5.91 Å². The Morgan fingerprint density at radius 3 is 2.88 bits per heavy atom. The molecule has 0 saturated heterocycles. The topological polar surface area (TPSA) is 75.5 Å². The van der Waals surface area contributed by atoms with Crippen LogP contribution < -0.4 is 10.2 Å². The normalized spacial score (nSPS) is 14.1. The lowest BCUT2D eigenvalue weighted by Gasteiger charge is -2.27. The first-order chi connectivity index (χ1) is 12.5. The third kappa shape index (κ3) is 4.59. The van der Waals surface area contributed by atoms with E-state index in [2.05, 4.69) is 32.4 Å². The second kappa shape index (κ2) is 8.29. The van der Waals surface area contributed by atoms with Gasteiger partial charge in [-0.1, -0.05) is 6.07 Å². The molecule has 1 N–H and O–H groups in total. The number of amides is 1. The van der Waals surface area contributed by atoms with Crippen LogP contribution in [0, 0.1) is 0 Å². The molecule has 1 aliphatic heterocycles. The predicted octanol–water partition coefficient (Wildman–Crippen LogP) is 0.623. The van der Waals surface area contributed by atoms with E-state index < -0.39 is 0 Å². The van der Waals surface area contributed by atoms with Crippen molar-refractivity contribution in [2.75, 3.05) is 39.3 Å². The SMILES string of the molecule is COCC(=O)NCc1cc2n(n1)CCN(Cc1ccc(N(C)C)nc1)C2. The summed E-state index contributed by atoms with van der Waals surface area (Å²) in [7, 11) is 5.49. The van der Waals surface area contributed by atoms with Gasteiger partial charge in [0.05, 0.1) is 24.5 Å². The molecule has 8 nitrogen and oxygen atoms in total. The van der Waals surface area contributed by atoms with Gasteiger partial charge in [0, 0.05) is 47.0 Å². The Morgan fingerprint density at radius 2 is 2.19 bits per heavy atom. The summed E-state index contributed by atoms with van der Waals surface area (Å²) in [6, 6.07) is 6.24. The smallest absolute Gasteiger partial charge is 0.246 e. The maximum Gasteiger partial charge on any atom is 0.246 e. The number of anilines is 1. The summed E-state index contributed by atoms with van der Waals surface area (Å²) >= 11 is 0. The fraction of sp³-hybridized carbons (Fsp3) is 0.500. The number of rotatable bonds is 7. The summed E-state index contributed by atoms with van der Waals surface area (Å²) < 4.78 is 6.84. The van der Waals surface area contributed by atoms with Crippen LogP contribution in [0.2, 0.25) is 0 Å². The second-order valence-corrected chi connectivity index (χ2v) is 6.69. The zero-order valence-corrected chi connectivity index (χ0v) is 15.6. The van der Waals surface area contributed by atoms with E-state index in [1.165, 1.54) is 18.4 Å². The van der Waals surface area contributed by atoms with E-state index in [9.17, 15) is 4.79 Å². The molecule has 140 valence electrons. The van der Waals surface area contributed by atoms with Crippen LogP contribution in [0.1, 0.15) is 17.0 Å². The molecule has 0 fully saturated rings. The minimum Gasteiger partial charge on any atom is -0.375 e. The van der Waals surface area contributed by atoms with Gasteiger partial charge in [0.15, 0.2) is 0 Å². The highest BCUT2D eigenvalue weighted by molar-refractivity contribution is 5.77. The van der Waals surface area contributed by atoms with Crippen molar-refractivity contribution in [2.45, 2.75) is 26.2 Å². The van der Waals surface area contributed by atoms with E-state index in [0.29, 0.717) is 6.54 Å². The van der Waals surface area contributed by atoms with Crippen molar-refractivity contribution in [3.63, 3.8) is 0 Å². The van der Waals surface area contributed by atoms with Crippen molar-refractivity contribution in [3.8, 4) is 0 Å². The van der Waals surface area contributed by atoms with Gasteiger partial charge in [-0.15, -0.1) is 0 Å². The molecule has 2 aromatic heterocycles. The summed E-state index contributed by atoms with van der Waals surface area (Å²) in [4.78, 5) is 20.4. The number of carbonyl (C=O) groups is 1. The van der Waals surface area contributed by atoms with E-state index >= 15 is 0 Å². The lowest BCUT2D eigenvalue weighted by Crippen LogP contribution is -2.33. The van der Waals surface area contributed by atoms with Gasteiger partial charge in [-0.25, -0.2) is 4.98 Å². The van der Waals surface area contributed by atoms with E-state index in [1.807, 2.05) is 35.9 Å². The predicted molar refractivity (Wildman–Crippen MR) is 98.6 cm³/mol. The number of pyridine rings is 1. The van der Waals surface area contributed by atoms with Crippen LogP contribution in [0.15, 0.2) is 24.4 Å². The molecule has 0 radical (unpaired) electrons. The number of carbonyl (C=O) groups excluding carboxylic acids is 1. The minimum atomic E-state index is -0.131. The number of ether oxygens (including phenoxy) is 1. The summed E-state index contributed by atoms with van der Waals surface area (Å²) in [6.45, 7) is 4.00. The first kappa shape index (κ1) is 18.3. The molecule has 1 amide bonds. The van der Waals surface area contributed by atoms with Gasteiger partial charge in [0.1, 0.15) is 12.4 Å². The third-order valence-corrected chi connectivity index (χ3v) is 4.34. The van der Waals surface area contributed by atoms with E-state index in [4.69, 9.17) is 4.74 Å². The lowest BCUT2D eigenvalue weighted by molar-refractivity contribution is -0.124. The number of nitrogens with zero attached hydrogens (tertiary/aromatic N) is 5. The molecule has 8 heteroatoms. The van der Waals surface area contributed by atoms with Crippen LogP contribution in [0.3, 0.4) is 0 Å². The highest BCUT2D eigenvalue weighted by Crippen LogP contribution is 2.17. The van der Waals surface area contributed by atoms with Crippen LogP contribution in [0.5, 0.6) is 0 Å². The summed E-state index contributed by atoms with van der Waals surface area (Å²) in [5.74, 6) is 0.833. The van der Waals surface area contributed by atoms with Gasteiger partial charge >= 0.3 is 0 Å². The average Bonchev–Trinajstić information content (AvgIpc) is 3.03. The van der Waals surface area contributed by atoms with Crippen molar-refractivity contribution in [3.05, 3.63) is 41.3 Å². The van der Waals surface area contributed by atoms with Crippen LogP contribution in [-0.4, -0.2) is 59.9 Å². The number of hydrogen-bond acceptors (Lipinski definition) is 6. The molecule has 1 aliphatic rings. The fourth-order valence-corrected chi connectivity index (χ4v) is 3.01. The van der Waals surface area contributed by atoms with Gasteiger partial charge in [-0.2, -0.15) is 5.10 Å². The number of fused-ring (bicyclic) bond motifs is 1. The third-order valence-electron chi connectivity index (χ3n) is 4.34. The van der Waals surface area contributed by atoms with Crippen molar-refractivity contribution in [1.29, 1.82) is 0 Å². The Labute approximate surface area is 153 Å².